The molecule has 2 unspecified atom stereocenters. The molecule has 2 atom stereocenters. The van der Waals surface area contributed by atoms with Crippen LogP contribution in [-0.2, 0) is 9.47 Å². The lowest BCUT2D eigenvalue weighted by atomic mass is 9.95. The molecule has 0 aliphatic heterocycles. The second kappa shape index (κ2) is 10.6. The highest BCUT2D eigenvalue weighted by molar-refractivity contribution is 6.28. The molecule has 1 rings (SSSR count). The summed E-state index contributed by atoms with van der Waals surface area (Å²) in [4.78, 5) is 8.22. The summed E-state index contributed by atoms with van der Waals surface area (Å²) in [7, 11) is 0. The predicted octanol–water partition coefficient (Wildman–Crippen LogP) is 2.25. The van der Waals surface area contributed by atoms with Crippen molar-refractivity contribution in [2.45, 2.75) is 52.5 Å². The van der Waals surface area contributed by atoms with Crippen molar-refractivity contribution in [2.75, 3.05) is 13.2 Å². The molecule has 1 heterocycles. The summed E-state index contributed by atoms with van der Waals surface area (Å²) in [6.45, 7) is 8.95. The van der Waals surface area contributed by atoms with Gasteiger partial charge in [-0.05, 0) is 43.7 Å². The molecular weight excluding hydrogens is 328 g/mol. The zero-order valence-electron chi connectivity index (χ0n) is 14.8. The average Bonchev–Trinajstić information content (AvgIpc) is 2.52. The van der Waals surface area contributed by atoms with E-state index in [1.807, 2.05) is 13.8 Å². The van der Waals surface area contributed by atoms with Crippen molar-refractivity contribution < 1.29 is 9.47 Å². The third-order valence-corrected chi connectivity index (χ3v) is 3.45. The lowest BCUT2D eigenvalue weighted by molar-refractivity contribution is -0.0969. The summed E-state index contributed by atoms with van der Waals surface area (Å²) in [6.07, 6.45) is 1.72. The van der Waals surface area contributed by atoms with Crippen molar-refractivity contribution in [3.8, 4) is 11.8 Å². The number of hydrogen-bond donors (Lipinski definition) is 2. The van der Waals surface area contributed by atoms with E-state index < -0.39 is 12.3 Å². The zero-order valence-corrected chi connectivity index (χ0v) is 15.5. The minimum absolute atomic E-state index is 0.119. The second-order valence-electron chi connectivity index (χ2n) is 5.77. The van der Waals surface area contributed by atoms with Crippen LogP contribution in [0.15, 0.2) is 6.20 Å². The Morgan fingerprint density at radius 3 is 2.38 bits per heavy atom. The van der Waals surface area contributed by atoms with Gasteiger partial charge in [0.25, 0.3) is 0 Å². The van der Waals surface area contributed by atoms with E-state index in [4.69, 9.17) is 32.5 Å². The molecule has 1 aromatic heterocycles. The quantitative estimate of drug-likeness (QED) is 0.422. The van der Waals surface area contributed by atoms with Gasteiger partial charge >= 0.3 is 0 Å². The first kappa shape index (κ1) is 20.8. The van der Waals surface area contributed by atoms with Gasteiger partial charge in [-0.15, -0.1) is 0 Å². The van der Waals surface area contributed by atoms with Gasteiger partial charge in [-0.3, -0.25) is 0 Å². The van der Waals surface area contributed by atoms with Crippen molar-refractivity contribution in [1.29, 1.82) is 0 Å². The van der Waals surface area contributed by atoms with Gasteiger partial charge in [0.2, 0.25) is 11.6 Å². The standard InChI is InChI=1S/C17H27ClN4O2/c1-5-23-14(24-6-2)8-7-12-10-21-17(18)22-16(12)15(20)13(19)9-11(3)4/h10-11,13-15H,5-6,9,19-20H2,1-4H3. The summed E-state index contributed by atoms with van der Waals surface area (Å²) in [6, 6.07) is -0.721. The molecule has 6 nitrogen and oxygen atoms in total. The SMILES string of the molecule is CCOC(C#Cc1cnc(Cl)nc1C(N)C(N)CC(C)C)OCC. The Morgan fingerprint density at radius 1 is 1.21 bits per heavy atom. The van der Waals surface area contributed by atoms with E-state index in [2.05, 4.69) is 35.7 Å². The molecule has 0 bridgehead atoms. The van der Waals surface area contributed by atoms with Crippen LogP contribution in [0.3, 0.4) is 0 Å². The van der Waals surface area contributed by atoms with Crippen LogP contribution in [-0.4, -0.2) is 35.5 Å². The summed E-state index contributed by atoms with van der Waals surface area (Å²) in [5, 5.41) is 0.119. The van der Waals surface area contributed by atoms with Gasteiger partial charge in [0.15, 0.2) is 0 Å². The second-order valence-corrected chi connectivity index (χ2v) is 6.11. The minimum atomic E-state index is -0.607. The minimum Gasteiger partial charge on any atom is -0.342 e. The van der Waals surface area contributed by atoms with Crippen molar-refractivity contribution in [3.05, 3.63) is 22.7 Å². The summed E-state index contributed by atoms with van der Waals surface area (Å²) >= 11 is 5.92. The van der Waals surface area contributed by atoms with Crippen LogP contribution in [0.5, 0.6) is 0 Å². The molecule has 4 N–H and O–H groups in total. The molecule has 0 saturated carbocycles. The molecular formula is C17H27ClN4O2. The van der Waals surface area contributed by atoms with Gasteiger partial charge in [0.05, 0.1) is 17.3 Å². The number of nitrogens with zero attached hydrogens (tertiary/aromatic N) is 2. The Morgan fingerprint density at radius 2 is 1.83 bits per heavy atom. The van der Waals surface area contributed by atoms with Crippen LogP contribution in [0.1, 0.15) is 51.4 Å². The number of nitrogens with two attached hydrogens (primary N) is 2. The summed E-state index contributed by atoms with van der Waals surface area (Å²) in [5.41, 5.74) is 13.6. The van der Waals surface area contributed by atoms with E-state index in [9.17, 15) is 0 Å². The van der Waals surface area contributed by atoms with Gasteiger partial charge < -0.3 is 20.9 Å². The fraction of sp³-hybridized carbons (Fsp3) is 0.647. The number of aromatic nitrogens is 2. The van der Waals surface area contributed by atoms with Crippen LogP contribution >= 0.6 is 11.6 Å². The highest BCUT2D eigenvalue weighted by atomic mass is 35.5. The summed E-state index contributed by atoms with van der Waals surface area (Å²) in [5.74, 6) is 6.33. The first-order valence-electron chi connectivity index (χ1n) is 8.17. The van der Waals surface area contributed by atoms with E-state index in [0.717, 1.165) is 6.42 Å². The molecule has 7 heteroatoms. The lowest BCUT2D eigenvalue weighted by Gasteiger charge is -2.22. The maximum Gasteiger partial charge on any atom is 0.222 e. The Bertz CT molecular complexity index is 565. The van der Waals surface area contributed by atoms with Gasteiger partial charge in [-0.2, -0.15) is 0 Å². The van der Waals surface area contributed by atoms with Crippen LogP contribution in [0.2, 0.25) is 5.28 Å². The largest absolute Gasteiger partial charge is 0.342 e. The molecule has 0 aliphatic carbocycles. The van der Waals surface area contributed by atoms with Gasteiger partial charge in [0, 0.05) is 25.5 Å². The van der Waals surface area contributed by atoms with Crippen LogP contribution < -0.4 is 11.5 Å². The Hall–Kier alpha value is -1.23. The highest BCUT2D eigenvalue weighted by Crippen LogP contribution is 2.20. The van der Waals surface area contributed by atoms with Crippen molar-refractivity contribution >= 4 is 11.6 Å². The maximum atomic E-state index is 6.28. The third-order valence-electron chi connectivity index (χ3n) is 3.27. The smallest absolute Gasteiger partial charge is 0.222 e. The first-order chi connectivity index (χ1) is 11.4. The van der Waals surface area contributed by atoms with Gasteiger partial charge in [-0.1, -0.05) is 19.8 Å². The fourth-order valence-corrected chi connectivity index (χ4v) is 2.33. The molecule has 1 aromatic rings. The number of halogens is 1. The molecule has 0 aliphatic rings. The molecule has 0 radical (unpaired) electrons. The summed E-state index contributed by atoms with van der Waals surface area (Å²) < 4.78 is 10.8. The van der Waals surface area contributed by atoms with E-state index in [1.165, 1.54) is 0 Å². The highest BCUT2D eigenvalue weighted by Gasteiger charge is 2.21. The van der Waals surface area contributed by atoms with Crippen molar-refractivity contribution in [1.82, 2.24) is 9.97 Å². The lowest BCUT2D eigenvalue weighted by Crippen LogP contribution is -2.36. The average molecular weight is 355 g/mol. The molecule has 0 fully saturated rings. The molecule has 0 saturated heterocycles. The molecule has 0 spiro atoms. The van der Waals surface area contributed by atoms with E-state index in [1.54, 1.807) is 6.20 Å². The first-order valence-corrected chi connectivity index (χ1v) is 8.55. The number of rotatable bonds is 8. The molecule has 0 aromatic carbocycles. The van der Waals surface area contributed by atoms with E-state index in [-0.39, 0.29) is 11.3 Å². The van der Waals surface area contributed by atoms with E-state index >= 15 is 0 Å². The third kappa shape index (κ3) is 6.71. The maximum absolute atomic E-state index is 6.28. The Labute approximate surface area is 149 Å². The number of hydrogen-bond acceptors (Lipinski definition) is 6. The van der Waals surface area contributed by atoms with Crippen LogP contribution in [0.25, 0.3) is 0 Å². The van der Waals surface area contributed by atoms with Crippen LogP contribution in [0.4, 0.5) is 0 Å². The monoisotopic (exact) mass is 354 g/mol. The molecule has 0 amide bonds. The zero-order chi connectivity index (χ0) is 18.1. The normalized spacial score (nSPS) is 13.7. The number of ether oxygens (including phenoxy) is 2. The van der Waals surface area contributed by atoms with Gasteiger partial charge in [-0.25, -0.2) is 9.97 Å². The van der Waals surface area contributed by atoms with Crippen LogP contribution in [0, 0.1) is 17.8 Å². The van der Waals surface area contributed by atoms with Crippen molar-refractivity contribution in [2.24, 2.45) is 17.4 Å². The Balaban J connectivity index is 3.08. The molecule has 24 heavy (non-hydrogen) atoms. The van der Waals surface area contributed by atoms with Crippen molar-refractivity contribution in [3.63, 3.8) is 0 Å². The Kier molecular flexibility index (Phi) is 9.19. The molecule has 134 valence electrons. The van der Waals surface area contributed by atoms with E-state index in [0.29, 0.717) is 30.4 Å². The topological polar surface area (TPSA) is 96.3 Å². The fourth-order valence-electron chi connectivity index (χ4n) is 2.19. The predicted molar refractivity (Wildman–Crippen MR) is 95.3 cm³/mol. The van der Waals surface area contributed by atoms with Gasteiger partial charge in [0.1, 0.15) is 0 Å².